The van der Waals surface area contributed by atoms with Gasteiger partial charge in [0.1, 0.15) is 0 Å². The average Bonchev–Trinajstić information content (AvgIpc) is 2.49. The summed E-state index contributed by atoms with van der Waals surface area (Å²) in [6.45, 7) is -0.142. The molecule has 23 heavy (non-hydrogen) atoms. The lowest BCUT2D eigenvalue weighted by Gasteiger charge is -2.36. The SMILES string of the molecule is Nc1ccc(CC(=O)N2CCN(CC(F)(F)C(F)F)CC2)cc1. The fourth-order valence-corrected chi connectivity index (χ4v) is 2.44. The molecule has 0 saturated carbocycles. The lowest BCUT2D eigenvalue weighted by Crippen LogP contribution is -2.53. The van der Waals surface area contributed by atoms with Crippen molar-refractivity contribution in [2.75, 3.05) is 38.5 Å². The van der Waals surface area contributed by atoms with E-state index in [0.717, 1.165) is 5.56 Å². The molecule has 1 aliphatic rings. The zero-order valence-corrected chi connectivity index (χ0v) is 12.5. The normalized spacial score (nSPS) is 16.8. The number of amides is 1. The van der Waals surface area contributed by atoms with Gasteiger partial charge in [-0.05, 0) is 17.7 Å². The van der Waals surface area contributed by atoms with Crippen molar-refractivity contribution >= 4 is 11.6 Å². The maximum absolute atomic E-state index is 13.0. The zero-order chi connectivity index (χ0) is 17.0. The summed E-state index contributed by atoms with van der Waals surface area (Å²) < 4.78 is 50.4. The van der Waals surface area contributed by atoms with Gasteiger partial charge in [-0.1, -0.05) is 12.1 Å². The molecule has 0 aliphatic carbocycles. The number of nitrogen functional groups attached to an aromatic ring is 1. The van der Waals surface area contributed by atoms with Gasteiger partial charge in [0.25, 0.3) is 0 Å². The van der Waals surface area contributed by atoms with Crippen LogP contribution in [0.4, 0.5) is 23.2 Å². The first kappa shape index (κ1) is 17.5. The minimum Gasteiger partial charge on any atom is -0.399 e. The molecular formula is C15H19F4N3O. The van der Waals surface area contributed by atoms with E-state index in [-0.39, 0.29) is 38.5 Å². The molecule has 1 aliphatic heterocycles. The molecule has 0 spiro atoms. The summed E-state index contributed by atoms with van der Waals surface area (Å²) in [6.07, 6.45) is -3.47. The summed E-state index contributed by atoms with van der Waals surface area (Å²) in [6, 6.07) is 6.92. The molecule has 1 aromatic rings. The summed E-state index contributed by atoms with van der Waals surface area (Å²) in [5, 5.41) is 0. The van der Waals surface area contributed by atoms with Crippen LogP contribution in [0.1, 0.15) is 5.56 Å². The van der Waals surface area contributed by atoms with Gasteiger partial charge in [-0.3, -0.25) is 9.69 Å². The van der Waals surface area contributed by atoms with E-state index in [0.29, 0.717) is 5.69 Å². The number of hydrogen-bond donors (Lipinski definition) is 1. The van der Waals surface area contributed by atoms with Crippen molar-refractivity contribution in [3.05, 3.63) is 29.8 Å². The number of nitrogens with zero attached hydrogens (tertiary/aromatic N) is 2. The van der Waals surface area contributed by atoms with Crippen molar-refractivity contribution in [1.82, 2.24) is 9.80 Å². The third kappa shape index (κ3) is 4.82. The zero-order valence-electron chi connectivity index (χ0n) is 12.5. The van der Waals surface area contributed by atoms with Gasteiger partial charge < -0.3 is 10.6 Å². The topological polar surface area (TPSA) is 49.6 Å². The standard InChI is InChI=1S/C15H19F4N3O/c16-14(17)15(18,19)10-21-5-7-22(8-6-21)13(23)9-11-1-3-12(20)4-2-11/h1-4,14H,5-10,20H2. The Hall–Kier alpha value is -1.83. The molecule has 0 atom stereocenters. The first-order chi connectivity index (χ1) is 10.8. The number of anilines is 1. The highest BCUT2D eigenvalue weighted by molar-refractivity contribution is 5.79. The number of rotatable bonds is 5. The number of hydrogen-bond acceptors (Lipinski definition) is 3. The van der Waals surface area contributed by atoms with E-state index in [1.807, 2.05) is 0 Å². The Morgan fingerprint density at radius 3 is 2.22 bits per heavy atom. The highest BCUT2D eigenvalue weighted by Gasteiger charge is 2.42. The van der Waals surface area contributed by atoms with E-state index in [9.17, 15) is 22.4 Å². The number of piperazine rings is 1. The van der Waals surface area contributed by atoms with E-state index in [1.54, 1.807) is 29.2 Å². The molecule has 1 heterocycles. The molecule has 0 radical (unpaired) electrons. The Kier molecular flexibility index (Phi) is 5.46. The number of halogens is 4. The second-order valence-electron chi connectivity index (χ2n) is 5.64. The van der Waals surface area contributed by atoms with Crippen LogP contribution < -0.4 is 5.73 Å². The minimum atomic E-state index is -4.02. The summed E-state index contributed by atoms with van der Waals surface area (Å²) in [5.74, 6) is -4.13. The molecule has 4 nitrogen and oxygen atoms in total. The highest BCUT2D eigenvalue weighted by Crippen LogP contribution is 2.24. The van der Waals surface area contributed by atoms with Crippen LogP contribution in [0.15, 0.2) is 24.3 Å². The Morgan fingerprint density at radius 2 is 1.70 bits per heavy atom. The van der Waals surface area contributed by atoms with Crippen LogP contribution in [0.2, 0.25) is 0 Å². The smallest absolute Gasteiger partial charge is 0.319 e. The van der Waals surface area contributed by atoms with Crippen molar-refractivity contribution in [2.24, 2.45) is 0 Å². The molecule has 0 unspecified atom stereocenters. The summed E-state index contributed by atoms with van der Waals surface area (Å²) >= 11 is 0. The first-order valence-corrected chi connectivity index (χ1v) is 7.28. The van der Waals surface area contributed by atoms with Gasteiger partial charge in [0.05, 0.1) is 13.0 Å². The summed E-state index contributed by atoms with van der Waals surface area (Å²) in [7, 11) is 0. The van der Waals surface area contributed by atoms with E-state index in [4.69, 9.17) is 5.73 Å². The summed E-state index contributed by atoms with van der Waals surface area (Å²) in [4.78, 5) is 15.0. The Balaban J connectivity index is 1.82. The van der Waals surface area contributed by atoms with Gasteiger partial charge in [-0.25, -0.2) is 8.78 Å². The molecule has 0 aromatic heterocycles. The number of carbonyl (C=O) groups excluding carboxylic acids is 1. The number of benzene rings is 1. The lowest BCUT2D eigenvalue weighted by molar-refractivity contribution is -0.148. The van der Waals surface area contributed by atoms with Gasteiger partial charge >= 0.3 is 12.3 Å². The second kappa shape index (κ2) is 7.16. The molecule has 0 bridgehead atoms. The molecule has 8 heteroatoms. The number of alkyl halides is 4. The highest BCUT2D eigenvalue weighted by atomic mass is 19.3. The molecule has 1 fully saturated rings. The molecule has 1 saturated heterocycles. The second-order valence-corrected chi connectivity index (χ2v) is 5.64. The average molecular weight is 333 g/mol. The molecule has 2 N–H and O–H groups in total. The molecule has 1 amide bonds. The van der Waals surface area contributed by atoms with E-state index in [2.05, 4.69) is 0 Å². The van der Waals surface area contributed by atoms with Crippen molar-refractivity contribution in [1.29, 1.82) is 0 Å². The fourth-order valence-electron chi connectivity index (χ4n) is 2.44. The van der Waals surface area contributed by atoms with Gasteiger partial charge in [0.15, 0.2) is 0 Å². The van der Waals surface area contributed by atoms with Gasteiger partial charge in [-0.2, -0.15) is 8.78 Å². The van der Waals surface area contributed by atoms with Crippen molar-refractivity contribution < 1.29 is 22.4 Å². The fraction of sp³-hybridized carbons (Fsp3) is 0.533. The van der Waals surface area contributed by atoms with Gasteiger partial charge in [0.2, 0.25) is 5.91 Å². The monoisotopic (exact) mass is 333 g/mol. The number of nitrogens with two attached hydrogens (primary N) is 1. The maximum atomic E-state index is 13.0. The van der Waals surface area contributed by atoms with Crippen molar-refractivity contribution in [3.63, 3.8) is 0 Å². The first-order valence-electron chi connectivity index (χ1n) is 7.28. The molecule has 128 valence electrons. The number of carbonyl (C=O) groups is 1. The Bertz CT molecular complexity index is 528. The van der Waals surface area contributed by atoms with Crippen LogP contribution in [-0.4, -0.2) is 60.8 Å². The van der Waals surface area contributed by atoms with Gasteiger partial charge in [-0.15, -0.1) is 0 Å². The van der Waals surface area contributed by atoms with Crippen LogP contribution in [0.5, 0.6) is 0 Å². The van der Waals surface area contributed by atoms with E-state index >= 15 is 0 Å². The van der Waals surface area contributed by atoms with Crippen LogP contribution >= 0.6 is 0 Å². The quantitative estimate of drug-likeness (QED) is 0.661. The predicted molar refractivity (Wildman–Crippen MR) is 78.5 cm³/mol. The predicted octanol–water partition coefficient (Wildman–Crippen LogP) is 1.86. The van der Waals surface area contributed by atoms with Crippen LogP contribution in [-0.2, 0) is 11.2 Å². The molecule has 2 rings (SSSR count). The largest absolute Gasteiger partial charge is 0.399 e. The van der Waals surface area contributed by atoms with Crippen LogP contribution in [0, 0.1) is 0 Å². The third-order valence-electron chi connectivity index (χ3n) is 3.81. The Morgan fingerprint density at radius 1 is 1.13 bits per heavy atom. The third-order valence-corrected chi connectivity index (χ3v) is 3.81. The van der Waals surface area contributed by atoms with Crippen LogP contribution in [0.3, 0.4) is 0 Å². The summed E-state index contributed by atoms with van der Waals surface area (Å²) in [5.41, 5.74) is 6.99. The van der Waals surface area contributed by atoms with E-state index < -0.39 is 18.9 Å². The minimum absolute atomic E-state index is 0.116. The van der Waals surface area contributed by atoms with Gasteiger partial charge in [0, 0.05) is 31.9 Å². The van der Waals surface area contributed by atoms with Crippen LogP contribution in [0.25, 0.3) is 0 Å². The molecular weight excluding hydrogens is 314 g/mol. The molecule has 1 aromatic carbocycles. The van der Waals surface area contributed by atoms with E-state index in [1.165, 1.54) is 4.90 Å². The lowest BCUT2D eigenvalue weighted by atomic mass is 10.1. The van der Waals surface area contributed by atoms with Crippen molar-refractivity contribution in [2.45, 2.75) is 18.8 Å². The van der Waals surface area contributed by atoms with Crippen molar-refractivity contribution in [3.8, 4) is 0 Å². The maximum Gasteiger partial charge on any atom is 0.319 e. The Labute approximate surface area is 131 Å².